The summed E-state index contributed by atoms with van der Waals surface area (Å²) >= 11 is 0. The summed E-state index contributed by atoms with van der Waals surface area (Å²) in [5, 5.41) is 3.68. The molecule has 2 aromatic carbocycles. The standard InChI is InChI=1S/C20H21F3N2O4/c1-3-28-17(26)19(20(21,22)23,24-16-11-9-14(2)10-12-16)25-18(27)29-13-15-7-5-4-6-8-15/h4-12,24H,3,13H2,1-2H3,(H,25,27)/t19-/m0/s1. The Morgan fingerprint density at radius 1 is 0.966 bits per heavy atom. The number of hydrogen-bond donors (Lipinski definition) is 2. The topological polar surface area (TPSA) is 76.7 Å². The Morgan fingerprint density at radius 3 is 2.14 bits per heavy atom. The van der Waals surface area contributed by atoms with Gasteiger partial charge in [0.05, 0.1) is 6.61 Å². The third-order valence-corrected chi connectivity index (χ3v) is 3.89. The van der Waals surface area contributed by atoms with Crippen LogP contribution in [0.2, 0.25) is 0 Å². The highest BCUT2D eigenvalue weighted by Gasteiger charge is 2.64. The molecule has 0 aromatic heterocycles. The second kappa shape index (κ2) is 9.31. The van der Waals surface area contributed by atoms with Gasteiger partial charge in [0.1, 0.15) is 6.61 Å². The van der Waals surface area contributed by atoms with Crippen LogP contribution in [0.1, 0.15) is 18.1 Å². The molecule has 2 N–H and O–H groups in total. The van der Waals surface area contributed by atoms with Gasteiger partial charge in [-0.3, -0.25) is 5.32 Å². The fourth-order valence-corrected chi connectivity index (χ4v) is 2.40. The number of halogens is 3. The molecule has 2 aromatic rings. The SMILES string of the molecule is CCOC(=O)[C@@](NC(=O)OCc1ccccc1)(Nc1ccc(C)cc1)C(F)(F)F. The average Bonchev–Trinajstić information content (AvgIpc) is 2.67. The fraction of sp³-hybridized carbons (Fsp3) is 0.300. The molecule has 0 aliphatic carbocycles. The lowest BCUT2D eigenvalue weighted by Gasteiger charge is -2.34. The zero-order chi connectivity index (χ0) is 21.5. The van der Waals surface area contributed by atoms with Crippen LogP contribution in [-0.2, 0) is 20.9 Å². The van der Waals surface area contributed by atoms with Crippen LogP contribution in [0.25, 0.3) is 0 Å². The van der Waals surface area contributed by atoms with Crippen LogP contribution in [0, 0.1) is 6.92 Å². The summed E-state index contributed by atoms with van der Waals surface area (Å²) < 4.78 is 51.5. The second-order valence-corrected chi connectivity index (χ2v) is 6.15. The minimum absolute atomic E-state index is 0.0377. The van der Waals surface area contributed by atoms with E-state index in [4.69, 9.17) is 4.74 Å². The number of aryl methyl sites for hydroxylation is 1. The third-order valence-electron chi connectivity index (χ3n) is 3.89. The molecule has 0 unspecified atom stereocenters. The van der Waals surface area contributed by atoms with E-state index in [9.17, 15) is 22.8 Å². The molecule has 1 atom stereocenters. The summed E-state index contributed by atoms with van der Waals surface area (Å²) in [5.74, 6) is -1.70. The number of anilines is 1. The summed E-state index contributed by atoms with van der Waals surface area (Å²) in [6.07, 6.45) is -6.66. The van der Waals surface area contributed by atoms with Gasteiger partial charge in [-0.25, -0.2) is 9.59 Å². The van der Waals surface area contributed by atoms with Crippen molar-refractivity contribution in [3.63, 3.8) is 0 Å². The summed E-state index contributed by atoms with van der Waals surface area (Å²) in [7, 11) is 0. The van der Waals surface area contributed by atoms with Crippen molar-refractivity contribution in [2.75, 3.05) is 11.9 Å². The maximum Gasteiger partial charge on any atom is 0.442 e. The summed E-state index contributed by atoms with van der Waals surface area (Å²) in [5.41, 5.74) is -2.18. The van der Waals surface area contributed by atoms with E-state index >= 15 is 0 Å². The van der Waals surface area contributed by atoms with Crippen LogP contribution in [0.4, 0.5) is 23.7 Å². The summed E-state index contributed by atoms with van der Waals surface area (Å²) in [6.45, 7) is 2.53. The lowest BCUT2D eigenvalue weighted by Crippen LogP contribution is -2.69. The zero-order valence-corrected chi connectivity index (χ0v) is 15.9. The van der Waals surface area contributed by atoms with E-state index in [0.717, 1.165) is 5.56 Å². The number of esters is 1. The van der Waals surface area contributed by atoms with Gasteiger partial charge in [0.2, 0.25) is 0 Å². The number of amides is 1. The van der Waals surface area contributed by atoms with E-state index in [1.54, 1.807) is 54.7 Å². The number of hydrogen-bond acceptors (Lipinski definition) is 5. The van der Waals surface area contributed by atoms with Gasteiger partial charge in [0.15, 0.2) is 0 Å². The molecule has 156 valence electrons. The zero-order valence-electron chi connectivity index (χ0n) is 15.9. The van der Waals surface area contributed by atoms with Crippen LogP contribution in [0.15, 0.2) is 54.6 Å². The first-order chi connectivity index (χ1) is 13.7. The van der Waals surface area contributed by atoms with E-state index in [0.29, 0.717) is 5.56 Å². The van der Waals surface area contributed by atoms with Crippen LogP contribution in [-0.4, -0.2) is 30.5 Å². The summed E-state index contributed by atoms with van der Waals surface area (Å²) in [4.78, 5) is 24.5. The first-order valence-electron chi connectivity index (χ1n) is 8.75. The molecule has 0 saturated carbocycles. The number of nitrogens with one attached hydrogen (secondary N) is 2. The van der Waals surface area contributed by atoms with E-state index in [1.165, 1.54) is 19.1 Å². The van der Waals surface area contributed by atoms with Gasteiger partial charge in [-0.15, -0.1) is 0 Å². The molecule has 0 spiro atoms. The maximum absolute atomic E-state index is 14.0. The lowest BCUT2D eigenvalue weighted by molar-refractivity contribution is -0.205. The quantitative estimate of drug-likeness (QED) is 0.530. The lowest BCUT2D eigenvalue weighted by atomic mass is 10.1. The Morgan fingerprint density at radius 2 is 1.59 bits per heavy atom. The van der Waals surface area contributed by atoms with Crippen molar-refractivity contribution in [1.82, 2.24) is 5.32 Å². The highest BCUT2D eigenvalue weighted by atomic mass is 19.4. The molecule has 0 bridgehead atoms. The highest BCUT2D eigenvalue weighted by molar-refractivity contribution is 5.89. The predicted octanol–water partition coefficient (Wildman–Crippen LogP) is 4.16. The van der Waals surface area contributed by atoms with Crippen molar-refractivity contribution >= 4 is 17.7 Å². The van der Waals surface area contributed by atoms with Crippen LogP contribution >= 0.6 is 0 Å². The number of benzene rings is 2. The fourth-order valence-electron chi connectivity index (χ4n) is 2.40. The molecule has 0 fully saturated rings. The monoisotopic (exact) mass is 410 g/mol. The molecule has 0 heterocycles. The molecule has 0 radical (unpaired) electrons. The third kappa shape index (κ3) is 5.63. The van der Waals surface area contributed by atoms with E-state index in [1.807, 2.05) is 0 Å². The Bertz CT molecular complexity index is 826. The average molecular weight is 410 g/mol. The first kappa shape index (κ1) is 22.1. The van der Waals surface area contributed by atoms with Crippen molar-refractivity contribution in [3.05, 3.63) is 65.7 Å². The van der Waals surface area contributed by atoms with E-state index < -0.39 is 23.9 Å². The molecule has 2 rings (SSSR count). The number of carbonyl (C=O) groups excluding carboxylic acids is 2. The molecule has 0 saturated heterocycles. The normalized spacial score (nSPS) is 13.1. The minimum atomic E-state index is -5.23. The number of alkyl carbamates (subject to hydrolysis) is 1. The number of carbonyl (C=O) groups is 2. The van der Waals surface area contributed by atoms with Crippen molar-refractivity contribution < 1.29 is 32.2 Å². The molecule has 0 aliphatic heterocycles. The van der Waals surface area contributed by atoms with Gasteiger partial charge in [-0.1, -0.05) is 48.0 Å². The minimum Gasteiger partial charge on any atom is -0.463 e. The first-order valence-corrected chi connectivity index (χ1v) is 8.75. The molecular weight excluding hydrogens is 389 g/mol. The molecule has 0 aliphatic rings. The molecular formula is C20H21F3N2O4. The van der Waals surface area contributed by atoms with Crippen LogP contribution in [0.5, 0.6) is 0 Å². The summed E-state index contributed by atoms with van der Waals surface area (Å²) in [6, 6.07) is 14.2. The van der Waals surface area contributed by atoms with Crippen molar-refractivity contribution in [2.45, 2.75) is 32.3 Å². The Labute approximate surface area is 166 Å². The number of alkyl halides is 3. The van der Waals surface area contributed by atoms with Crippen LogP contribution in [0.3, 0.4) is 0 Å². The van der Waals surface area contributed by atoms with Gasteiger partial charge < -0.3 is 14.8 Å². The van der Waals surface area contributed by atoms with Gasteiger partial charge >= 0.3 is 23.9 Å². The van der Waals surface area contributed by atoms with E-state index in [2.05, 4.69) is 10.1 Å². The molecule has 29 heavy (non-hydrogen) atoms. The van der Waals surface area contributed by atoms with E-state index in [-0.39, 0.29) is 18.9 Å². The highest BCUT2D eigenvalue weighted by Crippen LogP contribution is 2.33. The maximum atomic E-state index is 14.0. The van der Waals surface area contributed by atoms with Gasteiger partial charge in [-0.2, -0.15) is 13.2 Å². The van der Waals surface area contributed by atoms with Crippen molar-refractivity contribution in [3.8, 4) is 0 Å². The second-order valence-electron chi connectivity index (χ2n) is 6.15. The number of rotatable bonds is 7. The largest absolute Gasteiger partial charge is 0.463 e. The van der Waals surface area contributed by atoms with Gasteiger partial charge in [0.25, 0.3) is 0 Å². The predicted molar refractivity (Wildman–Crippen MR) is 100.0 cm³/mol. The molecule has 6 nitrogen and oxygen atoms in total. The van der Waals surface area contributed by atoms with Crippen molar-refractivity contribution in [1.29, 1.82) is 0 Å². The van der Waals surface area contributed by atoms with Gasteiger partial charge in [0, 0.05) is 5.69 Å². The van der Waals surface area contributed by atoms with Crippen molar-refractivity contribution in [2.24, 2.45) is 0 Å². The molecule has 9 heteroatoms. The Balaban J connectivity index is 2.29. The molecule has 1 amide bonds. The Hall–Kier alpha value is -3.23. The van der Waals surface area contributed by atoms with Gasteiger partial charge in [-0.05, 0) is 31.5 Å². The van der Waals surface area contributed by atoms with Crippen LogP contribution < -0.4 is 10.6 Å². The Kier molecular flexibility index (Phi) is 7.08. The smallest absolute Gasteiger partial charge is 0.442 e. The number of ether oxygens (including phenoxy) is 2.